The molecule has 19 heavy (non-hydrogen) atoms. The van der Waals surface area contributed by atoms with Crippen LogP contribution in [0.1, 0.15) is 15.2 Å². The van der Waals surface area contributed by atoms with Crippen molar-refractivity contribution in [3.05, 3.63) is 46.2 Å². The van der Waals surface area contributed by atoms with Crippen molar-refractivity contribution in [2.24, 2.45) is 0 Å². The zero-order valence-corrected chi connectivity index (χ0v) is 10.2. The molecule has 8 heteroatoms. The van der Waals surface area contributed by atoms with Gasteiger partial charge in [0, 0.05) is 18.2 Å². The van der Waals surface area contributed by atoms with Crippen LogP contribution in [0.5, 0.6) is 0 Å². The summed E-state index contributed by atoms with van der Waals surface area (Å²) in [5.74, 6) is -3.89. The fourth-order valence-corrected chi connectivity index (χ4v) is 1.96. The van der Waals surface area contributed by atoms with Gasteiger partial charge in [0.15, 0.2) is 16.8 Å². The number of hydrogen-bond acceptors (Lipinski definition) is 4. The van der Waals surface area contributed by atoms with Crippen molar-refractivity contribution < 1.29 is 18.0 Å². The lowest BCUT2D eigenvalue weighted by atomic mass is 10.2. The van der Waals surface area contributed by atoms with Gasteiger partial charge in [-0.05, 0) is 6.07 Å². The minimum Gasteiger partial charge on any atom is -0.375 e. The molecule has 4 nitrogen and oxygen atoms in total. The van der Waals surface area contributed by atoms with Gasteiger partial charge in [-0.2, -0.15) is 0 Å². The molecule has 2 rings (SSSR count). The zero-order valence-electron chi connectivity index (χ0n) is 9.41. The molecule has 0 unspecified atom stereocenters. The van der Waals surface area contributed by atoms with Crippen LogP contribution >= 0.6 is 11.3 Å². The van der Waals surface area contributed by atoms with Crippen LogP contribution in [-0.2, 0) is 6.54 Å². The summed E-state index contributed by atoms with van der Waals surface area (Å²) in [5, 5.41) is 2.59. The van der Waals surface area contributed by atoms with Gasteiger partial charge in [0.25, 0.3) is 5.91 Å². The molecular formula is C11H8F3N3OS. The fraction of sp³-hybridized carbons (Fsp3) is 0.0909. The zero-order chi connectivity index (χ0) is 14.0. The third-order valence-corrected chi connectivity index (χ3v) is 3.10. The molecule has 100 valence electrons. The number of anilines is 1. The first kappa shape index (κ1) is 13.3. The van der Waals surface area contributed by atoms with Gasteiger partial charge < -0.3 is 11.1 Å². The van der Waals surface area contributed by atoms with E-state index in [9.17, 15) is 18.0 Å². The number of nitrogens with two attached hydrogens (primary N) is 1. The van der Waals surface area contributed by atoms with Crippen molar-refractivity contribution in [3.8, 4) is 0 Å². The third kappa shape index (κ3) is 3.02. The van der Waals surface area contributed by atoms with Gasteiger partial charge in [0.05, 0.1) is 6.20 Å². The number of nitrogen functional groups attached to an aromatic ring is 1. The molecule has 1 heterocycles. The maximum atomic E-state index is 13.3. The average Bonchev–Trinajstić information content (AvgIpc) is 2.78. The Labute approximate surface area is 110 Å². The lowest BCUT2D eigenvalue weighted by molar-refractivity contribution is 0.0954. The second-order valence-electron chi connectivity index (χ2n) is 3.60. The second kappa shape index (κ2) is 5.27. The van der Waals surface area contributed by atoms with Gasteiger partial charge in [-0.15, -0.1) is 0 Å². The Kier molecular flexibility index (Phi) is 3.70. The minimum atomic E-state index is -1.28. The van der Waals surface area contributed by atoms with Crippen LogP contribution in [0, 0.1) is 17.5 Å². The van der Waals surface area contributed by atoms with Crippen LogP contribution < -0.4 is 11.1 Å². The number of benzene rings is 1. The number of hydrogen-bond donors (Lipinski definition) is 2. The molecule has 0 saturated carbocycles. The molecular weight excluding hydrogens is 279 g/mol. The molecule has 3 N–H and O–H groups in total. The maximum absolute atomic E-state index is 13.3. The van der Waals surface area contributed by atoms with Crippen LogP contribution in [0.3, 0.4) is 0 Å². The lowest BCUT2D eigenvalue weighted by Gasteiger charge is -2.05. The van der Waals surface area contributed by atoms with E-state index in [0.717, 1.165) is 11.3 Å². The standard InChI is InChI=1S/C11H8F3N3OS/c12-6-2-8(14)7(13)1-5(6)3-16-10(18)9-4-17-11(15)19-9/h1-2,4H,3H2,(H2,15,17)(H,16,18). The maximum Gasteiger partial charge on any atom is 0.263 e. The predicted molar refractivity (Wildman–Crippen MR) is 64.0 cm³/mol. The molecule has 1 aromatic carbocycles. The molecule has 0 atom stereocenters. The number of thiazole rings is 1. The topological polar surface area (TPSA) is 68.0 Å². The number of nitrogens with zero attached hydrogens (tertiary/aromatic N) is 1. The largest absolute Gasteiger partial charge is 0.375 e. The van der Waals surface area contributed by atoms with E-state index in [1.165, 1.54) is 6.20 Å². The summed E-state index contributed by atoms with van der Waals surface area (Å²) >= 11 is 0.968. The summed E-state index contributed by atoms with van der Waals surface area (Å²) in [7, 11) is 0. The molecule has 0 spiro atoms. The first-order valence-electron chi connectivity index (χ1n) is 5.10. The molecule has 1 amide bonds. The first-order chi connectivity index (χ1) is 8.97. The van der Waals surface area contributed by atoms with Gasteiger partial charge in [-0.3, -0.25) is 4.79 Å². The Morgan fingerprint density at radius 2 is 1.95 bits per heavy atom. The lowest BCUT2D eigenvalue weighted by Crippen LogP contribution is -2.22. The van der Waals surface area contributed by atoms with Gasteiger partial charge >= 0.3 is 0 Å². The highest BCUT2D eigenvalue weighted by Gasteiger charge is 2.13. The van der Waals surface area contributed by atoms with Gasteiger partial charge in [0.1, 0.15) is 10.7 Å². The summed E-state index contributed by atoms with van der Waals surface area (Å²) in [6, 6.07) is 1.13. The van der Waals surface area contributed by atoms with E-state index in [4.69, 9.17) is 5.73 Å². The number of halogens is 3. The summed E-state index contributed by atoms with van der Waals surface area (Å²) < 4.78 is 38.9. The van der Waals surface area contributed by atoms with E-state index in [1.54, 1.807) is 0 Å². The summed E-state index contributed by atoms with van der Waals surface area (Å²) in [6.45, 7) is -0.264. The SMILES string of the molecule is Nc1ncc(C(=O)NCc2cc(F)c(F)cc2F)s1. The van der Waals surface area contributed by atoms with E-state index in [1.807, 2.05) is 0 Å². The van der Waals surface area contributed by atoms with Gasteiger partial charge in [0.2, 0.25) is 0 Å². The molecule has 0 fully saturated rings. The van der Waals surface area contributed by atoms with Crippen molar-refractivity contribution in [1.82, 2.24) is 10.3 Å². The van der Waals surface area contributed by atoms with E-state index in [0.29, 0.717) is 12.1 Å². The van der Waals surface area contributed by atoms with Crippen LogP contribution in [0.4, 0.5) is 18.3 Å². The van der Waals surface area contributed by atoms with Gasteiger partial charge in [-0.1, -0.05) is 11.3 Å². The molecule has 0 aliphatic rings. The molecule has 0 radical (unpaired) electrons. The number of amides is 1. The summed E-state index contributed by atoms with van der Waals surface area (Å²) in [6.07, 6.45) is 1.27. The molecule has 0 saturated heterocycles. The van der Waals surface area contributed by atoms with E-state index >= 15 is 0 Å². The molecule has 2 aromatic rings. The van der Waals surface area contributed by atoms with Crippen molar-refractivity contribution >= 4 is 22.4 Å². The third-order valence-electron chi connectivity index (χ3n) is 2.28. The number of carbonyl (C=O) groups excluding carboxylic acids is 1. The second-order valence-corrected chi connectivity index (χ2v) is 4.67. The van der Waals surface area contributed by atoms with Crippen molar-refractivity contribution in [3.63, 3.8) is 0 Å². The minimum absolute atomic E-state index is 0.148. The Morgan fingerprint density at radius 3 is 2.58 bits per heavy atom. The number of aromatic nitrogens is 1. The Morgan fingerprint density at radius 1 is 1.26 bits per heavy atom. The number of nitrogens with one attached hydrogen (secondary N) is 1. The van der Waals surface area contributed by atoms with Crippen LogP contribution in [0.2, 0.25) is 0 Å². The fourth-order valence-electron chi connectivity index (χ4n) is 1.35. The Bertz CT molecular complexity index is 630. The van der Waals surface area contributed by atoms with Gasteiger partial charge in [-0.25, -0.2) is 18.2 Å². The molecule has 0 aliphatic heterocycles. The smallest absolute Gasteiger partial charge is 0.263 e. The average molecular weight is 287 g/mol. The first-order valence-corrected chi connectivity index (χ1v) is 5.92. The summed E-state index contributed by atoms with van der Waals surface area (Å²) in [4.78, 5) is 15.5. The van der Waals surface area contributed by atoms with E-state index < -0.39 is 23.4 Å². The Balaban J connectivity index is 2.07. The van der Waals surface area contributed by atoms with Crippen molar-refractivity contribution in [1.29, 1.82) is 0 Å². The van der Waals surface area contributed by atoms with Crippen LogP contribution in [0.25, 0.3) is 0 Å². The number of rotatable bonds is 3. The monoisotopic (exact) mass is 287 g/mol. The number of carbonyl (C=O) groups is 1. The molecule has 1 aromatic heterocycles. The summed E-state index contributed by atoms with van der Waals surface area (Å²) in [5.41, 5.74) is 5.21. The van der Waals surface area contributed by atoms with E-state index in [-0.39, 0.29) is 22.1 Å². The quantitative estimate of drug-likeness (QED) is 0.849. The highest BCUT2D eigenvalue weighted by atomic mass is 32.1. The van der Waals surface area contributed by atoms with Crippen molar-refractivity contribution in [2.75, 3.05) is 5.73 Å². The highest BCUT2D eigenvalue weighted by molar-refractivity contribution is 7.17. The highest BCUT2D eigenvalue weighted by Crippen LogP contribution is 2.16. The molecule has 0 aliphatic carbocycles. The van der Waals surface area contributed by atoms with E-state index in [2.05, 4.69) is 10.3 Å². The van der Waals surface area contributed by atoms with Crippen LogP contribution in [0.15, 0.2) is 18.3 Å². The molecule has 0 bridgehead atoms. The van der Waals surface area contributed by atoms with Crippen LogP contribution in [-0.4, -0.2) is 10.9 Å². The predicted octanol–water partition coefficient (Wildman–Crippen LogP) is 2.07. The Hall–Kier alpha value is -2.09. The normalized spacial score (nSPS) is 10.5. The van der Waals surface area contributed by atoms with Crippen molar-refractivity contribution in [2.45, 2.75) is 6.54 Å².